The topological polar surface area (TPSA) is 77.0 Å². The van der Waals surface area contributed by atoms with Crippen LogP contribution < -0.4 is 4.83 Å². The maximum atomic E-state index is 12.6. The lowest BCUT2D eigenvalue weighted by Gasteiger charge is -2.55. The molecule has 6 nitrogen and oxygen atoms in total. The van der Waals surface area contributed by atoms with E-state index in [0.717, 1.165) is 24.1 Å². The van der Waals surface area contributed by atoms with E-state index in [2.05, 4.69) is 30.7 Å². The summed E-state index contributed by atoms with van der Waals surface area (Å²) in [5.41, 5.74) is 2.09. The SMILES string of the molecule is COCO[C@H]1C[C@H]2[C@@H](C)/C(=N\NS(=O)(=O)c3ccc(C)cc3)[C@H]1CC2(C)C. The standard InChI is InChI=1S/C20H30N2O4S/c1-13-6-8-15(9-7-13)27(23,24)22-21-19-14(2)17-10-18(26-12-25-5)16(19)11-20(17,3)4/h6-9,14,16-18,22H,10-12H2,1-5H3/b21-19+/t14-,16+,17+,18+/m1/s1. The first-order valence-corrected chi connectivity index (χ1v) is 10.9. The minimum Gasteiger partial charge on any atom is -0.359 e. The van der Waals surface area contributed by atoms with Crippen molar-refractivity contribution in [2.24, 2.45) is 28.3 Å². The number of sulfonamides is 1. The van der Waals surface area contributed by atoms with Crippen molar-refractivity contribution in [3.63, 3.8) is 0 Å². The van der Waals surface area contributed by atoms with Crippen LogP contribution in [0.4, 0.5) is 0 Å². The Morgan fingerprint density at radius 2 is 1.93 bits per heavy atom. The number of nitrogens with zero attached hydrogens (tertiary/aromatic N) is 1. The summed E-state index contributed by atoms with van der Waals surface area (Å²) in [5.74, 6) is 0.699. The van der Waals surface area contributed by atoms with Gasteiger partial charge in [-0.3, -0.25) is 0 Å². The number of aryl methyl sites for hydroxylation is 1. The Balaban J connectivity index is 1.84. The average molecular weight is 395 g/mol. The first-order chi connectivity index (χ1) is 12.7. The van der Waals surface area contributed by atoms with Crippen LogP contribution in [0.5, 0.6) is 0 Å². The summed E-state index contributed by atoms with van der Waals surface area (Å²) >= 11 is 0. The van der Waals surface area contributed by atoms with Crippen LogP contribution in [-0.4, -0.2) is 34.1 Å². The predicted octanol–water partition coefficient (Wildman–Crippen LogP) is 3.32. The van der Waals surface area contributed by atoms with E-state index >= 15 is 0 Å². The van der Waals surface area contributed by atoms with Crippen molar-refractivity contribution < 1.29 is 17.9 Å². The summed E-state index contributed by atoms with van der Waals surface area (Å²) in [4.78, 5) is 2.68. The number of fused-ring (bicyclic) bond motifs is 3. The Hall–Kier alpha value is -1.44. The van der Waals surface area contributed by atoms with Crippen molar-refractivity contribution in [3.05, 3.63) is 29.8 Å². The fraction of sp³-hybridized carbons (Fsp3) is 0.650. The smallest absolute Gasteiger partial charge is 0.276 e. The molecule has 27 heavy (non-hydrogen) atoms. The van der Waals surface area contributed by atoms with Crippen molar-refractivity contribution in [2.75, 3.05) is 13.9 Å². The van der Waals surface area contributed by atoms with Gasteiger partial charge in [-0.25, -0.2) is 4.83 Å². The van der Waals surface area contributed by atoms with Crippen LogP contribution in [0.25, 0.3) is 0 Å². The number of methoxy groups -OCH3 is 1. The lowest BCUT2D eigenvalue weighted by Crippen LogP contribution is -2.56. The van der Waals surface area contributed by atoms with Crippen LogP contribution in [0, 0.1) is 30.1 Å². The molecule has 3 aliphatic carbocycles. The highest BCUT2D eigenvalue weighted by molar-refractivity contribution is 7.89. The zero-order valence-corrected chi connectivity index (χ0v) is 17.5. The van der Waals surface area contributed by atoms with Crippen molar-refractivity contribution in [1.82, 2.24) is 4.83 Å². The quantitative estimate of drug-likeness (QED) is 0.593. The average Bonchev–Trinajstić information content (AvgIpc) is 2.60. The second-order valence-electron chi connectivity index (χ2n) is 8.49. The Bertz CT molecular complexity index is 802. The molecule has 3 aliphatic rings. The van der Waals surface area contributed by atoms with E-state index in [1.165, 1.54) is 0 Å². The number of rotatable bonds is 6. The molecule has 0 aromatic heterocycles. The minimum atomic E-state index is -3.68. The van der Waals surface area contributed by atoms with Crippen LogP contribution >= 0.6 is 0 Å². The van der Waals surface area contributed by atoms with E-state index < -0.39 is 10.0 Å². The molecule has 0 amide bonds. The number of hydrogen-bond donors (Lipinski definition) is 1. The third-order valence-corrected chi connectivity index (χ3v) is 7.39. The van der Waals surface area contributed by atoms with Crippen molar-refractivity contribution in [2.45, 2.75) is 51.5 Å². The van der Waals surface area contributed by atoms with E-state index in [4.69, 9.17) is 9.47 Å². The summed E-state index contributed by atoms with van der Waals surface area (Å²) in [6, 6.07) is 6.76. The van der Waals surface area contributed by atoms with Gasteiger partial charge in [0.25, 0.3) is 10.0 Å². The highest BCUT2D eigenvalue weighted by Crippen LogP contribution is 2.54. The molecule has 0 unspecified atom stereocenters. The third-order valence-electron chi connectivity index (χ3n) is 6.16. The van der Waals surface area contributed by atoms with E-state index in [9.17, 15) is 8.42 Å². The lowest BCUT2D eigenvalue weighted by molar-refractivity contribution is -0.129. The predicted molar refractivity (Wildman–Crippen MR) is 105 cm³/mol. The Morgan fingerprint density at radius 1 is 1.26 bits per heavy atom. The molecule has 0 heterocycles. The first-order valence-electron chi connectivity index (χ1n) is 9.42. The second-order valence-corrected chi connectivity index (χ2v) is 10.1. The zero-order chi connectivity index (χ0) is 19.8. The lowest BCUT2D eigenvalue weighted by atomic mass is 9.52. The minimum absolute atomic E-state index is 0.0156. The van der Waals surface area contributed by atoms with Gasteiger partial charge >= 0.3 is 0 Å². The van der Waals surface area contributed by atoms with Crippen LogP contribution in [0.3, 0.4) is 0 Å². The first kappa shape index (κ1) is 20.3. The van der Waals surface area contributed by atoms with Gasteiger partial charge in [-0.15, -0.1) is 0 Å². The molecule has 4 rings (SSSR count). The molecule has 0 spiro atoms. The number of hydrogen-bond acceptors (Lipinski definition) is 5. The largest absolute Gasteiger partial charge is 0.359 e. The molecule has 1 aromatic carbocycles. The molecule has 4 atom stereocenters. The van der Waals surface area contributed by atoms with E-state index in [1.54, 1.807) is 31.4 Å². The Kier molecular flexibility index (Phi) is 5.66. The summed E-state index contributed by atoms with van der Waals surface area (Å²) in [6.07, 6.45) is 1.90. The zero-order valence-electron chi connectivity index (χ0n) is 16.7. The van der Waals surface area contributed by atoms with Gasteiger partial charge in [0.2, 0.25) is 0 Å². The van der Waals surface area contributed by atoms with Crippen LogP contribution in [0.1, 0.15) is 39.2 Å². The summed E-state index contributed by atoms with van der Waals surface area (Å²) < 4.78 is 36.2. The van der Waals surface area contributed by atoms with Gasteiger partial charge in [-0.1, -0.05) is 38.5 Å². The highest BCUT2D eigenvalue weighted by atomic mass is 32.2. The molecule has 1 aromatic rings. The number of benzene rings is 1. The van der Waals surface area contributed by atoms with E-state index in [1.807, 2.05) is 6.92 Å². The fourth-order valence-corrected chi connectivity index (χ4v) is 5.54. The molecular formula is C20H30N2O4S. The van der Waals surface area contributed by atoms with Gasteiger partial charge in [0.15, 0.2) is 0 Å². The summed E-state index contributed by atoms with van der Waals surface area (Å²) in [7, 11) is -2.07. The van der Waals surface area contributed by atoms with Crippen molar-refractivity contribution in [1.29, 1.82) is 0 Å². The van der Waals surface area contributed by atoms with Gasteiger partial charge in [-0.2, -0.15) is 13.5 Å². The van der Waals surface area contributed by atoms with Crippen LogP contribution in [0.15, 0.2) is 34.3 Å². The number of nitrogens with one attached hydrogen (secondary N) is 1. The molecule has 3 fully saturated rings. The molecule has 150 valence electrons. The fourth-order valence-electron chi connectivity index (χ4n) is 4.71. The number of ether oxygens (including phenoxy) is 2. The molecule has 1 N–H and O–H groups in total. The van der Waals surface area contributed by atoms with Gasteiger partial charge in [0.1, 0.15) is 6.79 Å². The van der Waals surface area contributed by atoms with Gasteiger partial charge < -0.3 is 9.47 Å². The molecule has 0 saturated heterocycles. The third kappa shape index (κ3) is 4.05. The van der Waals surface area contributed by atoms with Crippen LogP contribution in [-0.2, 0) is 19.5 Å². The van der Waals surface area contributed by atoms with E-state index in [0.29, 0.717) is 5.92 Å². The van der Waals surface area contributed by atoms with Crippen molar-refractivity contribution >= 4 is 15.7 Å². The normalized spacial score (nSPS) is 31.2. The summed E-state index contributed by atoms with van der Waals surface area (Å²) in [6.45, 7) is 8.86. The van der Waals surface area contributed by atoms with E-state index in [-0.39, 0.29) is 35.0 Å². The molecule has 0 aliphatic heterocycles. The monoisotopic (exact) mass is 394 g/mol. The maximum Gasteiger partial charge on any atom is 0.276 e. The highest BCUT2D eigenvalue weighted by Gasteiger charge is 2.53. The van der Waals surface area contributed by atoms with Gasteiger partial charge in [0.05, 0.1) is 11.0 Å². The van der Waals surface area contributed by atoms with Crippen molar-refractivity contribution in [3.8, 4) is 0 Å². The van der Waals surface area contributed by atoms with Gasteiger partial charge in [0, 0.05) is 24.7 Å². The molecule has 7 heteroatoms. The Labute approximate surface area is 162 Å². The molecule has 2 bridgehead atoms. The number of hydrazone groups is 1. The van der Waals surface area contributed by atoms with Crippen LogP contribution in [0.2, 0.25) is 0 Å². The molecule has 0 radical (unpaired) electrons. The maximum absolute atomic E-state index is 12.6. The molecule has 3 saturated carbocycles. The summed E-state index contributed by atoms with van der Waals surface area (Å²) in [5, 5.41) is 4.40. The van der Waals surface area contributed by atoms with Gasteiger partial charge in [-0.05, 0) is 43.2 Å². The molecular weight excluding hydrogens is 364 g/mol. The Morgan fingerprint density at radius 3 is 2.56 bits per heavy atom. The second kappa shape index (κ2) is 7.53.